The first-order valence-corrected chi connectivity index (χ1v) is 12.0. The number of likely N-dealkylation sites (tertiary alicyclic amines) is 1. The van der Waals surface area contributed by atoms with E-state index in [1.165, 1.54) is 17.7 Å². The minimum atomic E-state index is -4.28. The van der Waals surface area contributed by atoms with E-state index in [1.54, 1.807) is 12.1 Å². The van der Waals surface area contributed by atoms with E-state index in [2.05, 4.69) is 4.90 Å². The molecular formula is C26H31ClF3NO. The molecule has 2 fully saturated rings. The van der Waals surface area contributed by atoms with Crippen LogP contribution in [0.2, 0.25) is 5.02 Å². The number of aliphatic hydroxyl groups is 1. The fraction of sp³-hybridized carbons (Fsp3) is 0.538. The van der Waals surface area contributed by atoms with Crippen LogP contribution in [0.1, 0.15) is 55.2 Å². The van der Waals surface area contributed by atoms with Crippen LogP contribution in [0.15, 0.2) is 48.5 Å². The molecule has 0 unspecified atom stereocenters. The molecule has 1 aliphatic carbocycles. The van der Waals surface area contributed by atoms with Gasteiger partial charge >= 0.3 is 6.18 Å². The summed E-state index contributed by atoms with van der Waals surface area (Å²) >= 11 is 6.06. The number of nitrogens with zero attached hydrogens (tertiary/aromatic N) is 1. The number of rotatable bonds is 7. The highest BCUT2D eigenvalue weighted by molar-refractivity contribution is 6.30. The zero-order valence-corrected chi connectivity index (χ0v) is 19.0. The van der Waals surface area contributed by atoms with Gasteiger partial charge < -0.3 is 10.0 Å². The van der Waals surface area contributed by atoms with Crippen LogP contribution in [0.5, 0.6) is 0 Å². The third kappa shape index (κ3) is 5.32. The molecule has 2 aromatic carbocycles. The number of piperidine rings is 1. The Hall–Kier alpha value is -1.56. The molecule has 32 heavy (non-hydrogen) atoms. The lowest BCUT2D eigenvalue weighted by atomic mass is 9.61. The Balaban J connectivity index is 1.31. The van der Waals surface area contributed by atoms with E-state index in [-0.39, 0.29) is 5.41 Å². The molecule has 174 valence electrons. The van der Waals surface area contributed by atoms with Gasteiger partial charge in [-0.3, -0.25) is 0 Å². The summed E-state index contributed by atoms with van der Waals surface area (Å²) in [7, 11) is 0. The van der Waals surface area contributed by atoms with Crippen molar-refractivity contribution < 1.29 is 18.3 Å². The number of hydrogen-bond donors (Lipinski definition) is 1. The van der Waals surface area contributed by atoms with Crippen molar-refractivity contribution in [3.8, 4) is 0 Å². The monoisotopic (exact) mass is 465 g/mol. The number of β-amino-alcohol motifs (C(OH)–C–C–N with tert-alkyl or cyclic N) is 1. The summed E-state index contributed by atoms with van der Waals surface area (Å²) < 4.78 is 38.3. The van der Waals surface area contributed by atoms with E-state index in [9.17, 15) is 18.3 Å². The Bertz CT molecular complexity index is 877. The van der Waals surface area contributed by atoms with Gasteiger partial charge in [-0.1, -0.05) is 42.3 Å². The first-order chi connectivity index (χ1) is 15.3. The molecule has 2 aliphatic rings. The molecule has 1 saturated carbocycles. The van der Waals surface area contributed by atoms with Gasteiger partial charge in [0.05, 0.1) is 11.7 Å². The number of aryl methyl sites for hydroxylation is 1. The Morgan fingerprint density at radius 2 is 1.72 bits per heavy atom. The van der Waals surface area contributed by atoms with E-state index in [0.717, 1.165) is 63.6 Å². The molecule has 0 spiro atoms. The van der Waals surface area contributed by atoms with Crippen molar-refractivity contribution in [2.24, 2.45) is 5.92 Å². The Kier molecular flexibility index (Phi) is 7.18. The van der Waals surface area contributed by atoms with Gasteiger partial charge in [-0.2, -0.15) is 13.2 Å². The highest BCUT2D eigenvalue weighted by atomic mass is 35.5. The van der Waals surface area contributed by atoms with E-state index >= 15 is 0 Å². The molecule has 2 nitrogen and oxygen atoms in total. The van der Waals surface area contributed by atoms with Crippen molar-refractivity contribution in [1.29, 1.82) is 0 Å². The summed E-state index contributed by atoms with van der Waals surface area (Å²) in [5.74, 6) is 0.506. The van der Waals surface area contributed by atoms with Gasteiger partial charge in [0.2, 0.25) is 0 Å². The van der Waals surface area contributed by atoms with Crippen LogP contribution in [0.25, 0.3) is 0 Å². The van der Waals surface area contributed by atoms with Gasteiger partial charge in [-0.25, -0.2) is 0 Å². The van der Waals surface area contributed by atoms with Crippen molar-refractivity contribution in [2.45, 2.75) is 62.6 Å². The lowest BCUT2D eigenvalue weighted by Crippen LogP contribution is -2.52. The van der Waals surface area contributed by atoms with Gasteiger partial charge in [-0.15, -0.1) is 0 Å². The lowest BCUT2D eigenvalue weighted by Gasteiger charge is -2.48. The number of hydrogen-bond acceptors (Lipinski definition) is 2. The van der Waals surface area contributed by atoms with Crippen molar-refractivity contribution in [3.05, 3.63) is 70.2 Å². The van der Waals surface area contributed by atoms with Crippen molar-refractivity contribution in [1.82, 2.24) is 4.90 Å². The average Bonchev–Trinajstić information content (AvgIpc) is 2.73. The molecule has 6 heteroatoms. The molecule has 0 bridgehead atoms. The molecule has 2 atom stereocenters. The summed E-state index contributed by atoms with van der Waals surface area (Å²) in [6, 6.07) is 13.5. The standard InChI is InChI=1S/C26H31ClF3NO/c27-23-12-10-21(11-13-23)25(14-2-15-25)24(32)18-31-16-1-3-20(17-31)5-4-19-6-8-22(9-7-19)26(28,29)30/h6-13,20,24,32H,1-5,14-18H2/t20-,24-/m1/s1. The summed E-state index contributed by atoms with van der Waals surface area (Å²) in [6.07, 6.45) is 2.41. The van der Waals surface area contributed by atoms with Crippen LogP contribution in [0.3, 0.4) is 0 Å². The molecule has 4 rings (SSSR count). The molecule has 2 aromatic rings. The van der Waals surface area contributed by atoms with Crippen LogP contribution in [0.4, 0.5) is 13.2 Å². The van der Waals surface area contributed by atoms with Gasteiger partial charge in [0.15, 0.2) is 0 Å². The fourth-order valence-electron chi connectivity index (χ4n) is 5.36. The van der Waals surface area contributed by atoms with Crippen molar-refractivity contribution in [3.63, 3.8) is 0 Å². The summed E-state index contributed by atoms with van der Waals surface area (Å²) in [6.45, 7) is 2.60. The maximum absolute atomic E-state index is 12.8. The quantitative estimate of drug-likeness (QED) is 0.505. The van der Waals surface area contributed by atoms with Gasteiger partial charge in [0.1, 0.15) is 0 Å². The van der Waals surface area contributed by atoms with E-state index in [1.807, 2.05) is 24.3 Å². The average molecular weight is 466 g/mol. The van der Waals surface area contributed by atoms with Crippen molar-refractivity contribution in [2.75, 3.05) is 19.6 Å². The predicted molar refractivity (Wildman–Crippen MR) is 122 cm³/mol. The second kappa shape index (κ2) is 9.74. The van der Waals surface area contributed by atoms with E-state index in [0.29, 0.717) is 17.5 Å². The van der Waals surface area contributed by atoms with Gasteiger partial charge in [-0.05, 0) is 86.4 Å². The summed E-state index contributed by atoms with van der Waals surface area (Å²) in [5.41, 5.74) is 1.37. The van der Waals surface area contributed by atoms with Crippen LogP contribution in [-0.4, -0.2) is 35.7 Å². The predicted octanol–water partition coefficient (Wildman–Crippen LogP) is 6.49. The first kappa shape index (κ1) is 23.6. The van der Waals surface area contributed by atoms with E-state index < -0.39 is 17.8 Å². The van der Waals surface area contributed by atoms with Crippen molar-refractivity contribution >= 4 is 11.6 Å². The Morgan fingerprint density at radius 1 is 1.03 bits per heavy atom. The maximum Gasteiger partial charge on any atom is 0.416 e. The first-order valence-electron chi connectivity index (χ1n) is 11.6. The minimum Gasteiger partial charge on any atom is -0.391 e. The number of halogens is 4. The summed E-state index contributed by atoms with van der Waals surface area (Å²) in [4.78, 5) is 2.38. The second-order valence-electron chi connectivity index (χ2n) is 9.53. The third-order valence-electron chi connectivity index (χ3n) is 7.46. The number of aliphatic hydroxyl groups excluding tert-OH is 1. The molecule has 1 heterocycles. The smallest absolute Gasteiger partial charge is 0.391 e. The van der Waals surface area contributed by atoms with Gasteiger partial charge in [0.25, 0.3) is 0 Å². The molecule has 0 radical (unpaired) electrons. The van der Waals surface area contributed by atoms with Crippen LogP contribution in [-0.2, 0) is 18.0 Å². The molecule has 0 amide bonds. The Labute approximate surface area is 193 Å². The van der Waals surface area contributed by atoms with Gasteiger partial charge in [0, 0.05) is 23.5 Å². The van der Waals surface area contributed by atoms with Crippen LogP contribution < -0.4 is 0 Å². The zero-order valence-electron chi connectivity index (χ0n) is 18.3. The molecular weight excluding hydrogens is 435 g/mol. The maximum atomic E-state index is 12.8. The molecule has 0 aromatic heterocycles. The normalized spacial score (nSPS) is 22.3. The Morgan fingerprint density at radius 3 is 2.31 bits per heavy atom. The fourth-order valence-corrected chi connectivity index (χ4v) is 5.48. The molecule has 1 N–H and O–H groups in total. The second-order valence-corrected chi connectivity index (χ2v) is 9.97. The zero-order chi connectivity index (χ0) is 22.8. The minimum absolute atomic E-state index is 0.169. The topological polar surface area (TPSA) is 23.5 Å². The molecule has 1 saturated heterocycles. The number of alkyl halides is 3. The van der Waals surface area contributed by atoms with Crippen LogP contribution >= 0.6 is 11.6 Å². The lowest BCUT2D eigenvalue weighted by molar-refractivity contribution is -0.137. The molecule has 1 aliphatic heterocycles. The largest absolute Gasteiger partial charge is 0.416 e. The van der Waals surface area contributed by atoms with Crippen LogP contribution in [0, 0.1) is 5.92 Å². The SMILES string of the molecule is O[C@H](CN1CCC[C@H](CCc2ccc(C(F)(F)F)cc2)C1)C1(c2ccc(Cl)cc2)CCC1. The summed E-state index contributed by atoms with van der Waals surface area (Å²) in [5, 5.41) is 11.9. The highest BCUT2D eigenvalue weighted by Gasteiger charge is 2.45. The number of benzene rings is 2. The van der Waals surface area contributed by atoms with E-state index in [4.69, 9.17) is 11.6 Å². The highest BCUT2D eigenvalue weighted by Crippen LogP contribution is 2.47. The third-order valence-corrected chi connectivity index (χ3v) is 7.71.